The van der Waals surface area contributed by atoms with Crippen LogP contribution in [-0.4, -0.2) is 24.3 Å². The van der Waals surface area contributed by atoms with Crippen LogP contribution < -0.4 is 0 Å². The van der Waals surface area contributed by atoms with Crippen LogP contribution in [0.2, 0.25) is 0 Å². The molecule has 1 heterocycles. The maximum absolute atomic E-state index is 11.8. The lowest BCUT2D eigenvalue weighted by Gasteiger charge is -2.14. The van der Waals surface area contributed by atoms with Crippen molar-refractivity contribution in [3.8, 4) is 0 Å². The average molecular weight is 216 g/mol. The van der Waals surface area contributed by atoms with Gasteiger partial charge in [0, 0.05) is 0 Å². The normalized spacial score (nSPS) is 30.6. The van der Waals surface area contributed by atoms with Gasteiger partial charge in [0.1, 0.15) is 12.2 Å². The summed E-state index contributed by atoms with van der Waals surface area (Å²) in [6, 6.07) is 9.02. The minimum Gasteiger partial charge on any atom is -0.452 e. The molecule has 3 atom stereocenters. The van der Waals surface area contributed by atoms with Crippen molar-refractivity contribution in [2.75, 3.05) is 0 Å². The zero-order valence-electron chi connectivity index (χ0n) is 8.71. The van der Waals surface area contributed by atoms with Gasteiger partial charge in [0.15, 0.2) is 0 Å². The lowest BCUT2D eigenvalue weighted by Crippen LogP contribution is -2.25. The third-order valence-electron chi connectivity index (χ3n) is 2.89. The van der Waals surface area contributed by atoms with Gasteiger partial charge in [-0.15, -0.1) is 0 Å². The number of epoxide rings is 1. The van der Waals surface area contributed by atoms with Crippen LogP contribution in [-0.2, 0) is 9.47 Å². The zero-order chi connectivity index (χ0) is 11.0. The van der Waals surface area contributed by atoms with E-state index in [1.807, 2.05) is 30.4 Å². The molecule has 0 unspecified atom stereocenters. The summed E-state index contributed by atoms with van der Waals surface area (Å²) in [4.78, 5) is 11.8. The van der Waals surface area contributed by atoms with Gasteiger partial charge in [0.2, 0.25) is 0 Å². The van der Waals surface area contributed by atoms with E-state index in [1.54, 1.807) is 12.1 Å². The van der Waals surface area contributed by atoms with E-state index in [2.05, 4.69) is 0 Å². The standard InChI is InChI=1S/C13H12O3/c14-13(9-5-2-1-3-6-9)16-11-8-4-7-10-12(11)15-10/h1-6,8,10-12H,7H2/t10-,11-,12-/m0/s1. The Labute approximate surface area is 93.7 Å². The second-order valence-corrected chi connectivity index (χ2v) is 4.04. The number of benzene rings is 1. The molecule has 1 saturated heterocycles. The van der Waals surface area contributed by atoms with Crippen molar-refractivity contribution in [1.29, 1.82) is 0 Å². The second kappa shape index (κ2) is 3.76. The fraction of sp³-hybridized carbons (Fsp3) is 0.308. The van der Waals surface area contributed by atoms with E-state index >= 15 is 0 Å². The largest absolute Gasteiger partial charge is 0.452 e. The molecule has 16 heavy (non-hydrogen) atoms. The highest BCUT2D eigenvalue weighted by molar-refractivity contribution is 5.89. The summed E-state index contributed by atoms with van der Waals surface area (Å²) in [5.41, 5.74) is 0.582. The Morgan fingerprint density at radius 2 is 2.12 bits per heavy atom. The monoisotopic (exact) mass is 216 g/mol. The Morgan fingerprint density at radius 1 is 1.31 bits per heavy atom. The van der Waals surface area contributed by atoms with Gasteiger partial charge < -0.3 is 9.47 Å². The van der Waals surface area contributed by atoms with E-state index in [0.29, 0.717) is 5.56 Å². The molecule has 0 N–H and O–H groups in total. The van der Waals surface area contributed by atoms with Crippen LogP contribution in [0.3, 0.4) is 0 Å². The van der Waals surface area contributed by atoms with Crippen molar-refractivity contribution in [3.63, 3.8) is 0 Å². The molecule has 3 nitrogen and oxygen atoms in total. The Hall–Kier alpha value is -1.61. The van der Waals surface area contributed by atoms with Crippen molar-refractivity contribution >= 4 is 5.97 Å². The van der Waals surface area contributed by atoms with E-state index in [0.717, 1.165) is 6.42 Å². The topological polar surface area (TPSA) is 38.8 Å². The SMILES string of the molecule is O=C(O[C@H]1C=CC[C@@H]2O[C@H]12)c1ccccc1. The van der Waals surface area contributed by atoms with E-state index in [9.17, 15) is 4.79 Å². The zero-order valence-corrected chi connectivity index (χ0v) is 8.71. The number of esters is 1. The first-order valence-electron chi connectivity index (χ1n) is 5.43. The molecule has 0 spiro atoms. The van der Waals surface area contributed by atoms with E-state index in [1.165, 1.54) is 0 Å². The first kappa shape index (κ1) is 9.60. The third-order valence-corrected chi connectivity index (χ3v) is 2.89. The first-order chi connectivity index (χ1) is 7.84. The van der Waals surface area contributed by atoms with Gasteiger partial charge in [-0.05, 0) is 24.6 Å². The van der Waals surface area contributed by atoms with Crippen LogP contribution in [0, 0.1) is 0 Å². The Bertz CT molecular complexity index is 424. The molecule has 0 bridgehead atoms. The number of hydrogen-bond acceptors (Lipinski definition) is 3. The number of fused-ring (bicyclic) bond motifs is 1. The molecule has 2 aliphatic rings. The molecule has 1 aromatic carbocycles. The molecular weight excluding hydrogens is 204 g/mol. The van der Waals surface area contributed by atoms with Crippen molar-refractivity contribution in [1.82, 2.24) is 0 Å². The lowest BCUT2D eigenvalue weighted by molar-refractivity contribution is 0.0340. The fourth-order valence-electron chi connectivity index (χ4n) is 1.96. The summed E-state index contributed by atoms with van der Waals surface area (Å²) in [6.45, 7) is 0. The van der Waals surface area contributed by atoms with Gasteiger partial charge in [0.25, 0.3) is 0 Å². The summed E-state index contributed by atoms with van der Waals surface area (Å²) in [7, 11) is 0. The van der Waals surface area contributed by atoms with Crippen LogP contribution in [0.15, 0.2) is 42.5 Å². The van der Waals surface area contributed by atoms with Crippen molar-refractivity contribution in [3.05, 3.63) is 48.0 Å². The van der Waals surface area contributed by atoms with Gasteiger partial charge in [-0.1, -0.05) is 24.3 Å². The summed E-state index contributed by atoms with van der Waals surface area (Å²) in [5, 5.41) is 0. The number of carbonyl (C=O) groups is 1. The lowest BCUT2D eigenvalue weighted by atomic mass is 10.1. The van der Waals surface area contributed by atoms with Crippen LogP contribution in [0.5, 0.6) is 0 Å². The highest BCUT2D eigenvalue weighted by atomic mass is 16.6. The molecule has 82 valence electrons. The summed E-state index contributed by atoms with van der Waals surface area (Å²) in [5.74, 6) is -0.286. The number of carbonyl (C=O) groups excluding carboxylic acids is 1. The highest BCUT2D eigenvalue weighted by Crippen LogP contribution is 2.34. The third kappa shape index (κ3) is 1.74. The quantitative estimate of drug-likeness (QED) is 0.431. The van der Waals surface area contributed by atoms with Crippen molar-refractivity contribution in [2.45, 2.75) is 24.7 Å². The van der Waals surface area contributed by atoms with Crippen molar-refractivity contribution < 1.29 is 14.3 Å². The molecule has 3 rings (SSSR count). The van der Waals surface area contributed by atoms with Crippen LogP contribution in [0.4, 0.5) is 0 Å². The molecule has 1 aromatic rings. The van der Waals surface area contributed by atoms with Gasteiger partial charge in [-0.2, -0.15) is 0 Å². The van der Waals surface area contributed by atoms with Gasteiger partial charge in [-0.25, -0.2) is 4.79 Å². The van der Waals surface area contributed by atoms with Gasteiger partial charge in [0.05, 0.1) is 11.7 Å². The van der Waals surface area contributed by atoms with Gasteiger partial charge >= 0.3 is 5.97 Å². The smallest absolute Gasteiger partial charge is 0.338 e. The molecule has 0 amide bonds. The average Bonchev–Trinajstić information content (AvgIpc) is 3.10. The van der Waals surface area contributed by atoms with Gasteiger partial charge in [-0.3, -0.25) is 0 Å². The summed E-state index contributed by atoms with van der Waals surface area (Å²) >= 11 is 0. The molecule has 0 saturated carbocycles. The minimum atomic E-state index is -0.286. The van der Waals surface area contributed by atoms with Crippen LogP contribution in [0.1, 0.15) is 16.8 Å². The fourth-order valence-corrected chi connectivity index (χ4v) is 1.96. The molecule has 0 radical (unpaired) electrons. The molecule has 1 aliphatic carbocycles. The number of ether oxygens (including phenoxy) is 2. The van der Waals surface area contributed by atoms with Crippen molar-refractivity contribution in [2.24, 2.45) is 0 Å². The molecular formula is C13H12O3. The maximum atomic E-state index is 11.8. The van der Waals surface area contributed by atoms with Crippen LogP contribution in [0.25, 0.3) is 0 Å². The van der Waals surface area contributed by atoms with E-state index in [4.69, 9.17) is 9.47 Å². The Morgan fingerprint density at radius 3 is 2.94 bits per heavy atom. The maximum Gasteiger partial charge on any atom is 0.338 e. The van der Waals surface area contributed by atoms with E-state index in [-0.39, 0.29) is 24.3 Å². The molecule has 3 heteroatoms. The predicted octanol–water partition coefficient (Wildman–Crippen LogP) is 1.94. The minimum absolute atomic E-state index is 0.0812. The Balaban J connectivity index is 1.69. The summed E-state index contributed by atoms with van der Waals surface area (Å²) < 4.78 is 10.8. The van der Waals surface area contributed by atoms with E-state index < -0.39 is 0 Å². The highest BCUT2D eigenvalue weighted by Gasteiger charge is 2.47. The predicted molar refractivity (Wildman–Crippen MR) is 58.1 cm³/mol. The Kier molecular flexibility index (Phi) is 2.26. The number of rotatable bonds is 2. The molecule has 1 aliphatic heterocycles. The molecule has 1 fully saturated rings. The first-order valence-corrected chi connectivity index (χ1v) is 5.43. The number of hydrogen-bond donors (Lipinski definition) is 0. The van der Waals surface area contributed by atoms with Crippen LogP contribution >= 0.6 is 0 Å². The molecule has 0 aromatic heterocycles. The second-order valence-electron chi connectivity index (χ2n) is 4.04. The summed E-state index contributed by atoms with van der Waals surface area (Å²) in [6.07, 6.45) is 4.98.